The number of halogens is 3. The molecule has 14 heteroatoms. The molecule has 2 heterocycles. The first-order valence-electron chi connectivity index (χ1n) is 10.8. The Morgan fingerprint density at radius 3 is 2.53 bits per heavy atom. The average Bonchev–Trinajstić information content (AvgIpc) is 3.31. The van der Waals surface area contributed by atoms with E-state index in [4.69, 9.17) is 5.73 Å². The summed E-state index contributed by atoms with van der Waals surface area (Å²) in [4.78, 5) is 27.4. The number of anilines is 2. The highest BCUT2D eigenvalue weighted by molar-refractivity contribution is 7.92. The van der Waals surface area contributed by atoms with E-state index in [-0.39, 0.29) is 22.4 Å². The molecular weight excluding hydrogens is 523 g/mol. The molecule has 2 aromatic carbocycles. The lowest BCUT2D eigenvalue weighted by Crippen LogP contribution is -2.17. The number of nitrogens with one attached hydrogen (secondary N) is 3. The zero-order valence-corrected chi connectivity index (χ0v) is 20.7. The highest BCUT2D eigenvalue weighted by Gasteiger charge is 2.28. The molecule has 0 amide bonds. The van der Waals surface area contributed by atoms with E-state index in [1.807, 2.05) is 4.72 Å². The van der Waals surface area contributed by atoms with Crippen molar-refractivity contribution in [3.05, 3.63) is 88.9 Å². The van der Waals surface area contributed by atoms with E-state index in [2.05, 4.69) is 25.3 Å². The van der Waals surface area contributed by atoms with Gasteiger partial charge >= 0.3 is 0 Å². The fourth-order valence-corrected chi connectivity index (χ4v) is 4.70. The molecule has 2 aromatic heterocycles. The molecule has 38 heavy (non-hydrogen) atoms. The second-order valence-corrected chi connectivity index (χ2v) is 9.56. The number of hydrogen-bond acceptors (Lipinski definition) is 8. The summed E-state index contributed by atoms with van der Waals surface area (Å²) < 4.78 is 71.5. The Morgan fingerprint density at radius 2 is 1.84 bits per heavy atom. The number of H-pyrrole nitrogens is 1. The van der Waals surface area contributed by atoms with Crippen molar-refractivity contribution in [3.8, 4) is 0 Å². The van der Waals surface area contributed by atoms with Crippen LogP contribution in [0.2, 0.25) is 0 Å². The third kappa shape index (κ3) is 4.93. The highest BCUT2D eigenvalue weighted by Crippen LogP contribution is 2.31. The smallest absolute Gasteiger partial charge is 0.264 e. The van der Waals surface area contributed by atoms with Crippen molar-refractivity contribution in [2.24, 2.45) is 10.7 Å². The fourth-order valence-electron chi connectivity index (χ4n) is 3.56. The molecule has 0 atom stereocenters. The predicted octanol–water partition coefficient (Wildman–Crippen LogP) is 3.71. The van der Waals surface area contributed by atoms with Gasteiger partial charge in [0.25, 0.3) is 10.0 Å². The molecule has 0 bridgehead atoms. The number of allylic oxidation sites excluding steroid dienone is 2. The van der Waals surface area contributed by atoms with Gasteiger partial charge in [-0.3, -0.25) is 14.5 Å². The van der Waals surface area contributed by atoms with Crippen LogP contribution < -0.4 is 15.8 Å². The maximum Gasteiger partial charge on any atom is 0.264 e. The van der Waals surface area contributed by atoms with Gasteiger partial charge < -0.3 is 16.0 Å². The number of carbonyl (C=O) groups is 1. The van der Waals surface area contributed by atoms with E-state index in [9.17, 15) is 22.0 Å². The molecular formula is C24H20F3N7O3S. The van der Waals surface area contributed by atoms with Crippen molar-refractivity contribution < 1.29 is 26.4 Å². The van der Waals surface area contributed by atoms with E-state index >= 15 is 4.39 Å². The van der Waals surface area contributed by atoms with Crippen molar-refractivity contribution in [3.63, 3.8) is 0 Å². The van der Waals surface area contributed by atoms with Crippen LogP contribution in [0.4, 0.5) is 24.7 Å². The van der Waals surface area contributed by atoms with E-state index < -0.39 is 49.4 Å². The first-order valence-corrected chi connectivity index (χ1v) is 12.3. The third-order valence-electron chi connectivity index (χ3n) is 5.34. The van der Waals surface area contributed by atoms with Gasteiger partial charge in [-0.15, -0.1) is 0 Å². The predicted molar refractivity (Wildman–Crippen MR) is 136 cm³/mol. The normalized spacial score (nSPS) is 12.6. The van der Waals surface area contributed by atoms with E-state index in [1.165, 1.54) is 37.9 Å². The molecule has 0 radical (unpaired) electrons. The van der Waals surface area contributed by atoms with Gasteiger partial charge in [-0.1, -0.05) is 12.1 Å². The molecule has 5 N–H and O–H groups in total. The molecule has 0 spiro atoms. The van der Waals surface area contributed by atoms with Crippen LogP contribution >= 0.6 is 0 Å². The standard InChI is InChI=1S/C24H20F3N7O3S/c1-12(28)17(10-29-2)33-24-19-13(9-30-23(19)31-11-32-24)22(35)20-15(26)7-8-16(21(20)27)34-38(36,37)18-6-4-3-5-14(18)25/h3-11,34H,28H2,1-2H3,(H2,30,31,32,33). The zero-order valence-electron chi connectivity index (χ0n) is 19.9. The minimum Gasteiger partial charge on any atom is -0.401 e. The molecule has 0 aliphatic carbocycles. The lowest BCUT2D eigenvalue weighted by atomic mass is 10.0. The van der Waals surface area contributed by atoms with Gasteiger partial charge in [0.1, 0.15) is 34.3 Å². The summed E-state index contributed by atoms with van der Waals surface area (Å²) in [6.07, 6.45) is 3.80. The van der Waals surface area contributed by atoms with Gasteiger partial charge in [-0.05, 0) is 31.2 Å². The third-order valence-corrected chi connectivity index (χ3v) is 6.74. The summed E-state index contributed by atoms with van der Waals surface area (Å²) in [6.45, 7) is 1.60. The Labute approximate surface area is 214 Å². The summed E-state index contributed by atoms with van der Waals surface area (Å²) >= 11 is 0. The van der Waals surface area contributed by atoms with Crippen molar-refractivity contribution in [1.82, 2.24) is 15.0 Å². The molecule has 0 saturated heterocycles. The largest absolute Gasteiger partial charge is 0.401 e. The topological polar surface area (TPSA) is 155 Å². The summed E-state index contributed by atoms with van der Waals surface area (Å²) in [5.74, 6) is -4.86. The van der Waals surface area contributed by atoms with Crippen LogP contribution in [0.3, 0.4) is 0 Å². The van der Waals surface area contributed by atoms with E-state index in [0.29, 0.717) is 11.4 Å². The molecule has 0 saturated carbocycles. The van der Waals surface area contributed by atoms with E-state index in [1.54, 1.807) is 6.92 Å². The maximum atomic E-state index is 15.5. The number of benzene rings is 2. The number of hydrogen-bond donors (Lipinski definition) is 4. The van der Waals surface area contributed by atoms with Gasteiger partial charge in [0.05, 0.1) is 27.9 Å². The molecule has 10 nitrogen and oxygen atoms in total. The molecule has 0 unspecified atom stereocenters. The van der Waals surface area contributed by atoms with Crippen LogP contribution in [0.1, 0.15) is 22.8 Å². The summed E-state index contributed by atoms with van der Waals surface area (Å²) in [5.41, 5.74) is 4.73. The van der Waals surface area contributed by atoms with Crippen molar-refractivity contribution in [2.45, 2.75) is 11.8 Å². The van der Waals surface area contributed by atoms with Gasteiger partial charge in [-0.2, -0.15) is 0 Å². The van der Waals surface area contributed by atoms with Gasteiger partial charge in [-0.25, -0.2) is 31.6 Å². The molecule has 0 aliphatic heterocycles. The number of aliphatic imine (C=N–C) groups is 1. The molecule has 4 rings (SSSR count). The van der Waals surface area contributed by atoms with Crippen molar-refractivity contribution >= 4 is 44.6 Å². The minimum atomic E-state index is -4.61. The second-order valence-electron chi connectivity index (χ2n) is 7.91. The average molecular weight is 544 g/mol. The quantitative estimate of drug-likeness (QED) is 0.195. The first-order chi connectivity index (χ1) is 18.0. The maximum absolute atomic E-state index is 15.5. The van der Waals surface area contributed by atoms with Crippen LogP contribution in [0.5, 0.6) is 0 Å². The fraction of sp³-hybridized carbons (Fsp3) is 0.0833. The Hall–Kier alpha value is -4.72. The number of aromatic nitrogens is 3. The Bertz CT molecular complexity index is 1730. The number of nitrogens with two attached hydrogens (primary N) is 1. The molecule has 4 aromatic rings. The lowest BCUT2D eigenvalue weighted by Gasteiger charge is -2.13. The molecule has 0 aliphatic rings. The zero-order chi connectivity index (χ0) is 27.6. The second kappa shape index (κ2) is 10.3. The summed E-state index contributed by atoms with van der Waals surface area (Å²) in [6, 6.07) is 5.94. The highest BCUT2D eigenvalue weighted by atomic mass is 32.2. The number of sulfonamides is 1. The number of aromatic amines is 1. The van der Waals surface area contributed by atoms with Gasteiger partial charge in [0.15, 0.2) is 5.82 Å². The SMILES string of the molecule is CN=CC(Nc1ncnc2[nH]cc(C(=O)c3c(F)ccc(NS(=O)(=O)c4ccccc4F)c3F)c12)=C(C)N. The number of rotatable bonds is 8. The van der Waals surface area contributed by atoms with Gasteiger partial charge in [0, 0.05) is 25.2 Å². The van der Waals surface area contributed by atoms with Crippen LogP contribution in [0.25, 0.3) is 11.0 Å². The van der Waals surface area contributed by atoms with Crippen molar-refractivity contribution in [2.75, 3.05) is 17.1 Å². The monoisotopic (exact) mass is 543 g/mol. The minimum absolute atomic E-state index is 0.0940. The number of ketones is 1. The summed E-state index contributed by atoms with van der Waals surface area (Å²) in [7, 11) is -3.09. The Balaban J connectivity index is 1.80. The van der Waals surface area contributed by atoms with Crippen LogP contribution in [0.15, 0.2) is 70.2 Å². The first kappa shape index (κ1) is 26.3. The van der Waals surface area contributed by atoms with E-state index in [0.717, 1.165) is 24.3 Å². The van der Waals surface area contributed by atoms with Crippen molar-refractivity contribution in [1.29, 1.82) is 0 Å². The number of nitrogens with zero attached hydrogens (tertiary/aromatic N) is 3. The van der Waals surface area contributed by atoms with Crippen LogP contribution in [0, 0.1) is 17.5 Å². The Kier molecular flexibility index (Phi) is 7.17. The summed E-state index contributed by atoms with van der Waals surface area (Å²) in [5, 5.41) is 3.01. The lowest BCUT2D eigenvalue weighted by molar-refractivity contribution is 0.103. The number of fused-ring (bicyclic) bond motifs is 1. The molecule has 0 fully saturated rings. The number of carbonyl (C=O) groups excluding carboxylic acids is 1. The van der Waals surface area contributed by atoms with Crippen LogP contribution in [-0.2, 0) is 10.0 Å². The van der Waals surface area contributed by atoms with Crippen LogP contribution in [-0.4, -0.2) is 42.4 Å². The Morgan fingerprint density at radius 1 is 1.11 bits per heavy atom. The van der Waals surface area contributed by atoms with Gasteiger partial charge in [0.2, 0.25) is 5.78 Å². The molecule has 196 valence electrons.